The maximum Gasteiger partial charge on any atom is 0.147 e. The molecule has 0 amide bonds. The maximum absolute atomic E-state index is 6.16. The molecule has 0 aliphatic heterocycles. The zero-order chi connectivity index (χ0) is 10.8. The third-order valence-electron chi connectivity index (χ3n) is 2.42. The summed E-state index contributed by atoms with van der Waals surface area (Å²) in [4.78, 5) is 6.55. The molecule has 1 aliphatic rings. The van der Waals surface area contributed by atoms with Crippen molar-refractivity contribution >= 4 is 33.3 Å². The molecule has 0 atom stereocenters. The Morgan fingerprint density at radius 1 is 1.60 bits per heavy atom. The number of rotatable bonds is 4. The molecule has 0 bridgehead atoms. The Morgan fingerprint density at radius 2 is 2.33 bits per heavy atom. The average Bonchev–Trinajstić information content (AvgIpc) is 2.98. The van der Waals surface area contributed by atoms with Gasteiger partial charge in [0.05, 0.1) is 5.02 Å². The Hall–Kier alpha value is -0.320. The van der Waals surface area contributed by atoms with E-state index in [4.69, 9.17) is 17.3 Å². The molecule has 1 aromatic rings. The van der Waals surface area contributed by atoms with Crippen LogP contribution in [-0.2, 0) is 0 Å². The van der Waals surface area contributed by atoms with E-state index < -0.39 is 0 Å². The van der Waals surface area contributed by atoms with Crippen LogP contribution in [0.25, 0.3) is 0 Å². The molecule has 82 valence electrons. The Morgan fingerprint density at radius 3 is 2.87 bits per heavy atom. The fourth-order valence-electron chi connectivity index (χ4n) is 1.61. The molecule has 2 rings (SSSR count). The normalized spacial score (nSPS) is 15.4. The minimum atomic E-state index is 0.583. The molecular weight excluding hydrogens is 277 g/mol. The topological polar surface area (TPSA) is 42.1 Å². The lowest BCUT2D eigenvalue weighted by atomic mass is 10.4. The molecule has 1 saturated carbocycles. The molecule has 15 heavy (non-hydrogen) atoms. The van der Waals surface area contributed by atoms with Crippen LogP contribution >= 0.6 is 27.5 Å². The number of hydrogen-bond acceptors (Lipinski definition) is 3. The van der Waals surface area contributed by atoms with Crippen LogP contribution in [0.5, 0.6) is 0 Å². The molecule has 0 spiro atoms. The predicted octanol–water partition coefficient (Wildman–Crippen LogP) is 2.43. The number of aromatic nitrogens is 1. The number of hydrogen-bond donors (Lipinski definition) is 1. The monoisotopic (exact) mass is 289 g/mol. The van der Waals surface area contributed by atoms with Gasteiger partial charge in [-0.1, -0.05) is 11.6 Å². The fraction of sp³-hybridized carbons (Fsp3) is 0.500. The Kier molecular flexibility index (Phi) is 3.49. The summed E-state index contributed by atoms with van der Waals surface area (Å²) in [5.41, 5.74) is 5.59. The van der Waals surface area contributed by atoms with Crippen molar-refractivity contribution in [1.29, 1.82) is 0 Å². The zero-order valence-electron chi connectivity index (χ0n) is 8.29. The summed E-state index contributed by atoms with van der Waals surface area (Å²) in [7, 11) is 0. The van der Waals surface area contributed by atoms with E-state index >= 15 is 0 Å². The van der Waals surface area contributed by atoms with E-state index in [2.05, 4.69) is 25.8 Å². The van der Waals surface area contributed by atoms with Crippen molar-refractivity contribution in [3.63, 3.8) is 0 Å². The standard InChI is InChI=1S/C10H13BrClN3/c11-7-5-9(12)10(14-6-7)15(4-3-13)8-1-2-8/h5-6,8H,1-4,13H2. The van der Waals surface area contributed by atoms with Gasteiger partial charge in [-0.15, -0.1) is 0 Å². The number of pyridine rings is 1. The fourth-order valence-corrected chi connectivity index (χ4v) is 2.34. The molecule has 0 saturated heterocycles. The predicted molar refractivity (Wildman–Crippen MR) is 66.4 cm³/mol. The van der Waals surface area contributed by atoms with Crippen molar-refractivity contribution in [2.75, 3.05) is 18.0 Å². The second-order valence-electron chi connectivity index (χ2n) is 3.67. The van der Waals surface area contributed by atoms with Crippen LogP contribution in [0.15, 0.2) is 16.7 Å². The first kappa shape index (κ1) is 11.2. The molecule has 0 aromatic carbocycles. The molecule has 5 heteroatoms. The van der Waals surface area contributed by atoms with Crippen LogP contribution < -0.4 is 10.6 Å². The summed E-state index contributed by atoms with van der Waals surface area (Å²) < 4.78 is 0.903. The molecule has 3 nitrogen and oxygen atoms in total. The summed E-state index contributed by atoms with van der Waals surface area (Å²) in [6.07, 6.45) is 4.20. The zero-order valence-corrected chi connectivity index (χ0v) is 10.6. The first-order valence-electron chi connectivity index (χ1n) is 5.00. The minimum Gasteiger partial charge on any atom is -0.351 e. The highest BCUT2D eigenvalue weighted by Gasteiger charge is 2.30. The van der Waals surface area contributed by atoms with E-state index in [9.17, 15) is 0 Å². The van der Waals surface area contributed by atoms with E-state index in [0.717, 1.165) is 16.8 Å². The second kappa shape index (κ2) is 4.68. The first-order chi connectivity index (χ1) is 7.22. The van der Waals surface area contributed by atoms with Crippen LogP contribution in [0.2, 0.25) is 5.02 Å². The van der Waals surface area contributed by atoms with Crippen LogP contribution in [0, 0.1) is 0 Å². The number of anilines is 1. The van der Waals surface area contributed by atoms with Crippen LogP contribution in [0.3, 0.4) is 0 Å². The van der Waals surface area contributed by atoms with Gasteiger partial charge in [-0.25, -0.2) is 4.98 Å². The van der Waals surface area contributed by atoms with Gasteiger partial charge in [0.25, 0.3) is 0 Å². The summed E-state index contributed by atoms with van der Waals surface area (Å²) in [6, 6.07) is 2.45. The Labute approximate surface area is 103 Å². The van der Waals surface area contributed by atoms with Crippen molar-refractivity contribution in [3.8, 4) is 0 Å². The molecule has 0 radical (unpaired) electrons. The van der Waals surface area contributed by atoms with Crippen LogP contribution in [0.1, 0.15) is 12.8 Å². The highest BCUT2D eigenvalue weighted by atomic mass is 79.9. The molecule has 0 unspecified atom stereocenters. The largest absolute Gasteiger partial charge is 0.351 e. The number of nitrogens with two attached hydrogens (primary N) is 1. The first-order valence-corrected chi connectivity index (χ1v) is 6.17. The third kappa shape index (κ3) is 2.62. The molecule has 2 N–H and O–H groups in total. The van der Waals surface area contributed by atoms with Crippen molar-refractivity contribution in [1.82, 2.24) is 4.98 Å². The van der Waals surface area contributed by atoms with Crippen LogP contribution in [0.4, 0.5) is 5.82 Å². The average molecular weight is 291 g/mol. The summed E-state index contributed by atoms with van der Waals surface area (Å²) >= 11 is 9.50. The summed E-state index contributed by atoms with van der Waals surface area (Å²) in [5, 5.41) is 0.685. The van der Waals surface area contributed by atoms with E-state index in [-0.39, 0.29) is 0 Å². The lowest BCUT2D eigenvalue weighted by Crippen LogP contribution is -2.32. The highest BCUT2D eigenvalue weighted by molar-refractivity contribution is 9.10. The third-order valence-corrected chi connectivity index (χ3v) is 3.13. The van der Waals surface area contributed by atoms with Gasteiger partial charge in [-0.3, -0.25) is 0 Å². The lowest BCUT2D eigenvalue weighted by molar-refractivity contribution is 0.771. The van der Waals surface area contributed by atoms with E-state index in [0.29, 0.717) is 17.6 Å². The van der Waals surface area contributed by atoms with Crippen LogP contribution in [-0.4, -0.2) is 24.1 Å². The molecular formula is C10H13BrClN3. The van der Waals surface area contributed by atoms with E-state index in [1.54, 1.807) is 6.20 Å². The maximum atomic E-state index is 6.16. The SMILES string of the molecule is NCCN(c1ncc(Br)cc1Cl)C1CC1. The van der Waals surface area contributed by atoms with E-state index in [1.165, 1.54) is 12.8 Å². The minimum absolute atomic E-state index is 0.583. The van der Waals surface area contributed by atoms with Gasteiger partial charge in [-0.05, 0) is 34.8 Å². The molecule has 1 fully saturated rings. The van der Waals surface area contributed by atoms with E-state index in [1.807, 2.05) is 6.07 Å². The van der Waals surface area contributed by atoms with Gasteiger partial charge in [0, 0.05) is 29.8 Å². The number of nitrogens with zero attached hydrogens (tertiary/aromatic N) is 2. The van der Waals surface area contributed by atoms with Crippen molar-refractivity contribution in [3.05, 3.63) is 21.8 Å². The molecule has 1 aromatic heterocycles. The van der Waals surface area contributed by atoms with Gasteiger partial charge >= 0.3 is 0 Å². The smallest absolute Gasteiger partial charge is 0.147 e. The Bertz CT molecular complexity index is 355. The van der Waals surface area contributed by atoms with Gasteiger partial charge in [0.1, 0.15) is 5.82 Å². The van der Waals surface area contributed by atoms with Gasteiger partial charge in [-0.2, -0.15) is 0 Å². The number of halogens is 2. The summed E-state index contributed by atoms with van der Waals surface area (Å²) in [5.74, 6) is 0.854. The van der Waals surface area contributed by atoms with Gasteiger partial charge in [0.2, 0.25) is 0 Å². The Balaban J connectivity index is 2.24. The van der Waals surface area contributed by atoms with Gasteiger partial charge < -0.3 is 10.6 Å². The van der Waals surface area contributed by atoms with Gasteiger partial charge in [0.15, 0.2) is 0 Å². The lowest BCUT2D eigenvalue weighted by Gasteiger charge is -2.23. The summed E-state index contributed by atoms with van der Waals surface area (Å²) in [6.45, 7) is 1.45. The van der Waals surface area contributed by atoms with Crippen molar-refractivity contribution in [2.24, 2.45) is 5.73 Å². The van der Waals surface area contributed by atoms with Crippen molar-refractivity contribution < 1.29 is 0 Å². The molecule has 1 heterocycles. The molecule has 1 aliphatic carbocycles. The second-order valence-corrected chi connectivity index (χ2v) is 5.00. The highest BCUT2D eigenvalue weighted by Crippen LogP contribution is 2.34. The van der Waals surface area contributed by atoms with Crippen molar-refractivity contribution in [2.45, 2.75) is 18.9 Å². The quantitative estimate of drug-likeness (QED) is 0.926.